The predicted octanol–water partition coefficient (Wildman–Crippen LogP) is 1.14. The fourth-order valence-electron chi connectivity index (χ4n) is 1.50. The van der Waals surface area contributed by atoms with Crippen LogP contribution in [0.15, 0.2) is 26.9 Å². The third-order valence-electron chi connectivity index (χ3n) is 2.32. The number of nitrogens with zero attached hydrogens (tertiary/aromatic N) is 2. The van der Waals surface area contributed by atoms with Crippen LogP contribution in [0.4, 0.5) is 5.69 Å². The number of allylic oxidation sites excluding steroid dienone is 1. The van der Waals surface area contributed by atoms with Crippen LogP contribution in [0.3, 0.4) is 0 Å². The second kappa shape index (κ2) is 5.72. The molecule has 0 saturated heterocycles. The van der Waals surface area contributed by atoms with Crippen molar-refractivity contribution in [2.45, 2.75) is 33.4 Å². The van der Waals surface area contributed by atoms with Crippen molar-refractivity contribution < 1.29 is 0 Å². The second-order valence-electron chi connectivity index (χ2n) is 3.91. The monoisotopic (exact) mass is 257 g/mol. The summed E-state index contributed by atoms with van der Waals surface area (Å²) in [5.41, 5.74) is 6.90. The van der Waals surface area contributed by atoms with Gasteiger partial charge in [0.2, 0.25) is 0 Å². The van der Waals surface area contributed by atoms with Crippen LogP contribution in [0.1, 0.15) is 20.3 Å². The highest BCUT2D eigenvalue weighted by Gasteiger charge is 2.09. The highest BCUT2D eigenvalue weighted by Crippen LogP contribution is 1.98. The maximum Gasteiger partial charge on any atom is 0.331 e. The van der Waals surface area contributed by atoms with Crippen molar-refractivity contribution in [2.24, 2.45) is 0 Å². The van der Waals surface area contributed by atoms with Gasteiger partial charge in [-0.3, -0.25) is 13.9 Å². The van der Waals surface area contributed by atoms with Gasteiger partial charge in [-0.1, -0.05) is 18.5 Å². The lowest BCUT2D eigenvalue weighted by Crippen LogP contribution is -2.40. The minimum Gasteiger partial charge on any atom is -0.393 e. The first kappa shape index (κ1) is 13.6. The number of aromatic nitrogens is 2. The average Bonchev–Trinajstić information content (AvgIpc) is 2.31. The first-order chi connectivity index (χ1) is 8.01. The lowest BCUT2D eigenvalue weighted by molar-refractivity contribution is 0.571. The predicted molar refractivity (Wildman–Crippen MR) is 69.3 cm³/mol. The van der Waals surface area contributed by atoms with E-state index in [0.717, 1.165) is 16.6 Å². The Morgan fingerprint density at radius 1 is 1.53 bits per heavy atom. The fraction of sp³-hybridized carbons (Fsp3) is 0.455. The summed E-state index contributed by atoms with van der Waals surface area (Å²) in [5, 5.41) is 0. The normalized spacial score (nSPS) is 11.8. The van der Waals surface area contributed by atoms with Crippen LogP contribution < -0.4 is 17.0 Å². The molecule has 2 N–H and O–H groups in total. The van der Waals surface area contributed by atoms with Gasteiger partial charge in [0.05, 0.1) is 6.54 Å². The van der Waals surface area contributed by atoms with Crippen molar-refractivity contribution in [3.63, 3.8) is 0 Å². The number of hydrogen-bond donors (Lipinski definition) is 1. The molecule has 17 heavy (non-hydrogen) atoms. The van der Waals surface area contributed by atoms with Crippen molar-refractivity contribution in [2.75, 3.05) is 5.73 Å². The summed E-state index contributed by atoms with van der Waals surface area (Å²) in [4.78, 5) is 23.7. The van der Waals surface area contributed by atoms with E-state index < -0.39 is 5.56 Å². The molecule has 94 valence electrons. The molecule has 0 unspecified atom stereocenters. The van der Waals surface area contributed by atoms with Gasteiger partial charge in [-0.2, -0.15) is 0 Å². The maximum absolute atomic E-state index is 12.0. The lowest BCUT2D eigenvalue weighted by Gasteiger charge is -2.10. The molecule has 1 rings (SSSR count). The quantitative estimate of drug-likeness (QED) is 0.880. The molecule has 0 aliphatic heterocycles. The topological polar surface area (TPSA) is 70.0 Å². The number of hydrogen-bond acceptors (Lipinski definition) is 3. The molecule has 0 fully saturated rings. The van der Waals surface area contributed by atoms with Crippen LogP contribution in [0.25, 0.3) is 0 Å². The molecule has 6 heteroatoms. The molecule has 0 aliphatic carbocycles. The summed E-state index contributed by atoms with van der Waals surface area (Å²) in [7, 11) is 0. The SMILES string of the molecule is CCCn1cc(N)c(=O)n(C/C(C)=C/Cl)c1=O. The third-order valence-corrected chi connectivity index (χ3v) is 2.69. The zero-order valence-corrected chi connectivity index (χ0v) is 10.7. The zero-order valence-electron chi connectivity index (χ0n) is 9.94. The summed E-state index contributed by atoms with van der Waals surface area (Å²) < 4.78 is 2.54. The smallest absolute Gasteiger partial charge is 0.331 e. The molecule has 0 aliphatic rings. The molecule has 0 bridgehead atoms. The Morgan fingerprint density at radius 2 is 2.18 bits per heavy atom. The standard InChI is InChI=1S/C11H16ClN3O2/c1-3-4-14-7-9(13)10(16)15(11(14)17)6-8(2)5-12/h5,7H,3-4,6,13H2,1-2H3/b8-5+. The van der Waals surface area contributed by atoms with E-state index in [1.807, 2.05) is 6.92 Å². The Bertz CT molecular complexity index is 543. The van der Waals surface area contributed by atoms with Crippen LogP contribution in [-0.2, 0) is 13.1 Å². The van der Waals surface area contributed by atoms with Crippen molar-refractivity contribution in [3.8, 4) is 0 Å². The molecule has 0 aromatic carbocycles. The highest BCUT2D eigenvalue weighted by atomic mass is 35.5. The number of rotatable bonds is 4. The average molecular weight is 258 g/mol. The Balaban J connectivity index is 3.37. The first-order valence-corrected chi connectivity index (χ1v) is 5.80. The van der Waals surface area contributed by atoms with Gasteiger partial charge in [0.1, 0.15) is 5.69 Å². The molecule has 1 heterocycles. The van der Waals surface area contributed by atoms with Crippen LogP contribution in [0.5, 0.6) is 0 Å². The molecule has 0 atom stereocenters. The van der Waals surface area contributed by atoms with E-state index in [0.29, 0.717) is 6.54 Å². The van der Waals surface area contributed by atoms with E-state index in [1.165, 1.54) is 16.3 Å². The van der Waals surface area contributed by atoms with Gasteiger partial charge in [-0.05, 0) is 18.9 Å². The largest absolute Gasteiger partial charge is 0.393 e. The van der Waals surface area contributed by atoms with E-state index in [1.54, 1.807) is 6.92 Å². The number of halogens is 1. The molecule has 1 aromatic rings. The Labute approximate surface area is 104 Å². The van der Waals surface area contributed by atoms with Crippen LogP contribution in [0, 0.1) is 0 Å². The molecular formula is C11H16ClN3O2. The van der Waals surface area contributed by atoms with Gasteiger partial charge in [0.15, 0.2) is 0 Å². The van der Waals surface area contributed by atoms with E-state index >= 15 is 0 Å². The lowest BCUT2D eigenvalue weighted by atomic mass is 10.3. The van der Waals surface area contributed by atoms with Gasteiger partial charge in [0, 0.05) is 18.3 Å². The van der Waals surface area contributed by atoms with Crippen LogP contribution in [0.2, 0.25) is 0 Å². The number of aryl methyl sites for hydroxylation is 1. The van der Waals surface area contributed by atoms with Gasteiger partial charge in [-0.25, -0.2) is 4.79 Å². The molecule has 0 spiro atoms. The minimum atomic E-state index is -0.472. The van der Waals surface area contributed by atoms with Crippen molar-refractivity contribution >= 4 is 17.3 Å². The van der Waals surface area contributed by atoms with Crippen molar-refractivity contribution in [1.29, 1.82) is 0 Å². The first-order valence-electron chi connectivity index (χ1n) is 5.36. The van der Waals surface area contributed by atoms with Gasteiger partial charge < -0.3 is 5.73 Å². The van der Waals surface area contributed by atoms with E-state index in [4.69, 9.17) is 17.3 Å². The molecule has 0 saturated carbocycles. The maximum atomic E-state index is 12.0. The number of nitrogens with two attached hydrogens (primary N) is 1. The Kier molecular flexibility index (Phi) is 4.57. The minimum absolute atomic E-state index is 0.0698. The molecular weight excluding hydrogens is 242 g/mol. The molecule has 0 radical (unpaired) electrons. The second-order valence-corrected chi connectivity index (χ2v) is 4.13. The van der Waals surface area contributed by atoms with Crippen LogP contribution >= 0.6 is 11.6 Å². The summed E-state index contributed by atoms with van der Waals surface area (Å²) in [6, 6.07) is 0. The van der Waals surface area contributed by atoms with E-state index in [9.17, 15) is 9.59 Å². The summed E-state index contributed by atoms with van der Waals surface area (Å²) >= 11 is 5.53. The van der Waals surface area contributed by atoms with Crippen molar-refractivity contribution in [3.05, 3.63) is 38.1 Å². The van der Waals surface area contributed by atoms with Crippen molar-refractivity contribution in [1.82, 2.24) is 9.13 Å². The van der Waals surface area contributed by atoms with Gasteiger partial charge in [-0.15, -0.1) is 0 Å². The fourth-order valence-corrected chi connectivity index (χ4v) is 1.57. The van der Waals surface area contributed by atoms with E-state index in [2.05, 4.69) is 0 Å². The number of nitrogen functional groups attached to an aromatic ring is 1. The Morgan fingerprint density at radius 3 is 2.71 bits per heavy atom. The molecule has 5 nitrogen and oxygen atoms in total. The molecule has 0 amide bonds. The highest BCUT2D eigenvalue weighted by molar-refractivity contribution is 6.25. The third kappa shape index (κ3) is 3.00. The molecule has 1 aromatic heterocycles. The summed E-state index contributed by atoms with van der Waals surface area (Å²) in [5.74, 6) is 0. The van der Waals surface area contributed by atoms with Crippen LogP contribution in [-0.4, -0.2) is 9.13 Å². The van der Waals surface area contributed by atoms with E-state index in [-0.39, 0.29) is 17.9 Å². The van der Waals surface area contributed by atoms with Gasteiger partial charge in [0.25, 0.3) is 5.56 Å². The number of anilines is 1. The van der Waals surface area contributed by atoms with Gasteiger partial charge >= 0.3 is 5.69 Å². The summed E-state index contributed by atoms with van der Waals surface area (Å²) in [6.45, 7) is 4.39. The zero-order chi connectivity index (χ0) is 13.0. The summed E-state index contributed by atoms with van der Waals surface area (Å²) in [6.07, 6.45) is 2.19. The Hall–Kier alpha value is -1.49.